The number of allylic oxidation sites excluding steroid dienone is 1. The van der Waals surface area contributed by atoms with E-state index < -0.39 is 0 Å². The molecule has 0 amide bonds. The summed E-state index contributed by atoms with van der Waals surface area (Å²) >= 11 is 0. The number of fused-ring (bicyclic) bond motifs is 3. The fraction of sp³-hybridized carbons (Fsp3) is 0.900. The van der Waals surface area contributed by atoms with E-state index in [1.54, 1.807) is 0 Å². The van der Waals surface area contributed by atoms with Crippen LogP contribution in [0.3, 0.4) is 0 Å². The van der Waals surface area contributed by atoms with Crippen molar-refractivity contribution >= 4 is 0 Å². The highest BCUT2D eigenvalue weighted by Gasteiger charge is 2.65. The first kappa shape index (κ1) is 14.3. The van der Waals surface area contributed by atoms with E-state index in [1.165, 1.54) is 50.5 Å². The van der Waals surface area contributed by atoms with E-state index in [0.717, 1.165) is 18.3 Å². The number of aliphatic hydroxyl groups is 1. The number of rotatable bonds is 0. The molecule has 2 bridgehead atoms. The van der Waals surface area contributed by atoms with Crippen molar-refractivity contribution in [2.24, 2.45) is 34.0 Å². The zero-order valence-corrected chi connectivity index (χ0v) is 14.1. The molecule has 0 radical (unpaired) electrons. The van der Waals surface area contributed by atoms with Crippen LogP contribution in [0.15, 0.2) is 12.2 Å². The zero-order valence-electron chi connectivity index (χ0n) is 14.1. The second-order valence-corrected chi connectivity index (χ2v) is 9.83. The highest BCUT2D eigenvalue weighted by Crippen LogP contribution is 2.71. The summed E-state index contributed by atoms with van der Waals surface area (Å²) in [6.45, 7) is 11.7. The predicted molar refractivity (Wildman–Crippen MR) is 86.9 cm³/mol. The van der Waals surface area contributed by atoms with Crippen LogP contribution in [0.25, 0.3) is 0 Å². The number of aliphatic hydroxyl groups excluding tert-OH is 1. The molecule has 21 heavy (non-hydrogen) atoms. The van der Waals surface area contributed by atoms with E-state index in [0.29, 0.717) is 22.2 Å². The Balaban J connectivity index is 1.79. The molecular weight excluding hydrogens is 256 g/mol. The zero-order chi connectivity index (χ0) is 15.0. The molecule has 4 rings (SSSR count). The van der Waals surface area contributed by atoms with Crippen LogP contribution in [0.2, 0.25) is 0 Å². The normalized spacial score (nSPS) is 55.0. The molecule has 4 aliphatic rings. The van der Waals surface area contributed by atoms with Crippen molar-refractivity contribution in [2.75, 3.05) is 0 Å². The maximum absolute atomic E-state index is 11.1. The van der Waals surface area contributed by atoms with Gasteiger partial charge in [0.1, 0.15) is 0 Å². The van der Waals surface area contributed by atoms with Crippen LogP contribution in [0.5, 0.6) is 0 Å². The minimum absolute atomic E-state index is 0.0915. The number of hydrogen-bond donors (Lipinski definition) is 1. The van der Waals surface area contributed by atoms with E-state index in [9.17, 15) is 5.11 Å². The quantitative estimate of drug-likeness (QED) is 0.626. The summed E-state index contributed by atoms with van der Waals surface area (Å²) in [7, 11) is 0. The molecule has 0 unspecified atom stereocenters. The third-order valence-electron chi connectivity index (χ3n) is 8.24. The average molecular weight is 288 g/mol. The maximum atomic E-state index is 11.1. The largest absolute Gasteiger partial charge is 0.393 e. The van der Waals surface area contributed by atoms with E-state index in [-0.39, 0.29) is 6.10 Å². The molecule has 0 heterocycles. The van der Waals surface area contributed by atoms with Crippen LogP contribution in [-0.2, 0) is 0 Å². The van der Waals surface area contributed by atoms with Crippen molar-refractivity contribution < 1.29 is 5.11 Å². The topological polar surface area (TPSA) is 20.2 Å². The Bertz CT molecular complexity index is 478. The first-order chi connectivity index (χ1) is 9.79. The van der Waals surface area contributed by atoms with Crippen molar-refractivity contribution in [1.82, 2.24) is 0 Å². The molecule has 4 aliphatic carbocycles. The van der Waals surface area contributed by atoms with Gasteiger partial charge in [-0.05, 0) is 78.9 Å². The fourth-order valence-corrected chi connectivity index (χ4v) is 7.89. The summed E-state index contributed by atoms with van der Waals surface area (Å²) < 4.78 is 0. The van der Waals surface area contributed by atoms with Crippen molar-refractivity contribution in [3.05, 3.63) is 12.2 Å². The van der Waals surface area contributed by atoms with Crippen LogP contribution in [0.1, 0.15) is 72.1 Å². The second-order valence-electron chi connectivity index (χ2n) is 9.83. The maximum Gasteiger partial charge on any atom is 0.0584 e. The van der Waals surface area contributed by atoms with Crippen LogP contribution in [0.4, 0.5) is 0 Å². The van der Waals surface area contributed by atoms with E-state index >= 15 is 0 Å². The second kappa shape index (κ2) is 4.16. The Hall–Kier alpha value is -0.300. The first-order valence-corrected chi connectivity index (χ1v) is 9.14. The van der Waals surface area contributed by atoms with Gasteiger partial charge < -0.3 is 5.11 Å². The van der Waals surface area contributed by atoms with E-state index in [2.05, 4.69) is 27.4 Å². The molecule has 1 N–H and O–H groups in total. The van der Waals surface area contributed by atoms with Gasteiger partial charge in [-0.25, -0.2) is 0 Å². The Kier molecular flexibility index (Phi) is 2.83. The lowest BCUT2D eigenvalue weighted by atomic mass is 9.40. The molecule has 0 aromatic carbocycles. The first-order valence-electron chi connectivity index (χ1n) is 9.14. The van der Waals surface area contributed by atoms with Crippen molar-refractivity contribution in [3.8, 4) is 0 Å². The van der Waals surface area contributed by atoms with E-state index in [1.807, 2.05) is 0 Å². The van der Waals surface area contributed by atoms with Gasteiger partial charge in [-0.1, -0.05) is 39.3 Å². The molecule has 4 fully saturated rings. The summed E-state index contributed by atoms with van der Waals surface area (Å²) in [5, 5.41) is 11.1. The smallest absolute Gasteiger partial charge is 0.0584 e. The summed E-state index contributed by atoms with van der Waals surface area (Å²) in [6.07, 6.45) is 10.2. The third kappa shape index (κ3) is 1.73. The predicted octanol–water partition coefficient (Wildman–Crippen LogP) is 4.95. The van der Waals surface area contributed by atoms with Gasteiger partial charge >= 0.3 is 0 Å². The molecule has 1 heteroatoms. The summed E-state index contributed by atoms with van der Waals surface area (Å²) in [4.78, 5) is 0. The van der Waals surface area contributed by atoms with Gasteiger partial charge in [0.05, 0.1) is 6.10 Å². The monoisotopic (exact) mass is 288 g/mol. The fourth-order valence-electron chi connectivity index (χ4n) is 7.89. The average Bonchev–Trinajstić information content (AvgIpc) is 2.57. The SMILES string of the molecule is C=C1C[C@]23C[C@H]1CC[C@H]2[C@@]1(C)CCCC(C)(C)[C@H]1[C@H](O)C3. The number of hydrogen-bond acceptors (Lipinski definition) is 1. The lowest BCUT2D eigenvalue weighted by Crippen LogP contribution is -2.61. The molecular formula is C20H32O. The Morgan fingerprint density at radius 1 is 1.10 bits per heavy atom. The molecule has 0 aromatic heterocycles. The molecule has 1 nitrogen and oxygen atoms in total. The van der Waals surface area contributed by atoms with Crippen molar-refractivity contribution in [2.45, 2.75) is 78.2 Å². The molecule has 0 aromatic rings. The lowest BCUT2D eigenvalue weighted by molar-refractivity contribution is -0.197. The molecule has 118 valence electrons. The van der Waals surface area contributed by atoms with Gasteiger partial charge in [0.25, 0.3) is 0 Å². The molecule has 4 saturated carbocycles. The van der Waals surface area contributed by atoms with Crippen LogP contribution >= 0.6 is 0 Å². The van der Waals surface area contributed by atoms with Crippen LogP contribution in [-0.4, -0.2) is 11.2 Å². The van der Waals surface area contributed by atoms with Gasteiger partial charge in [0, 0.05) is 0 Å². The van der Waals surface area contributed by atoms with Gasteiger partial charge in [-0.15, -0.1) is 0 Å². The highest BCUT2D eigenvalue weighted by atomic mass is 16.3. The van der Waals surface area contributed by atoms with Gasteiger partial charge in [-0.3, -0.25) is 0 Å². The Labute approximate surface area is 130 Å². The summed E-state index contributed by atoms with van der Waals surface area (Å²) in [5.74, 6) is 2.10. The summed E-state index contributed by atoms with van der Waals surface area (Å²) in [5.41, 5.74) is 2.56. The summed E-state index contributed by atoms with van der Waals surface area (Å²) in [6, 6.07) is 0. The molecule has 0 saturated heterocycles. The molecule has 6 atom stereocenters. The Morgan fingerprint density at radius 2 is 1.86 bits per heavy atom. The van der Waals surface area contributed by atoms with Gasteiger partial charge in [0.15, 0.2) is 0 Å². The lowest BCUT2D eigenvalue weighted by Gasteiger charge is -2.65. The van der Waals surface area contributed by atoms with E-state index in [4.69, 9.17) is 0 Å². The van der Waals surface area contributed by atoms with Crippen molar-refractivity contribution in [3.63, 3.8) is 0 Å². The molecule has 0 aliphatic heterocycles. The molecule has 1 spiro atoms. The van der Waals surface area contributed by atoms with Gasteiger partial charge in [0.2, 0.25) is 0 Å². The minimum atomic E-state index is -0.0915. The van der Waals surface area contributed by atoms with Crippen LogP contribution in [0, 0.1) is 34.0 Å². The minimum Gasteiger partial charge on any atom is -0.393 e. The van der Waals surface area contributed by atoms with Crippen LogP contribution < -0.4 is 0 Å². The van der Waals surface area contributed by atoms with Crippen molar-refractivity contribution in [1.29, 1.82) is 0 Å². The van der Waals surface area contributed by atoms with Gasteiger partial charge in [-0.2, -0.15) is 0 Å². The highest BCUT2D eigenvalue weighted by molar-refractivity contribution is 5.23. The standard InChI is InChI=1S/C20H32O/c1-13-10-20-11-14(13)6-7-16(20)19(4)9-5-8-18(2,3)17(19)15(21)12-20/h14-17,21H,1,5-12H2,2-4H3/t14-,15-,16+,17-,19-,20-/m1/s1. The third-order valence-corrected chi connectivity index (χ3v) is 8.24. The Morgan fingerprint density at radius 3 is 2.62 bits per heavy atom.